The molecular weight excluding hydrogens is 180 g/mol. The van der Waals surface area contributed by atoms with E-state index in [0.29, 0.717) is 13.1 Å². The number of hydrogen-bond acceptors (Lipinski definition) is 3. The van der Waals surface area contributed by atoms with Gasteiger partial charge in [-0.3, -0.25) is 4.79 Å². The maximum atomic E-state index is 11.1. The summed E-state index contributed by atoms with van der Waals surface area (Å²) in [6, 6.07) is 3.67. The molecule has 76 valence electrons. The van der Waals surface area contributed by atoms with Gasteiger partial charge in [0.25, 0.3) is 0 Å². The first-order valence-electron chi connectivity index (χ1n) is 4.43. The summed E-state index contributed by atoms with van der Waals surface area (Å²) >= 11 is 0. The second kappa shape index (κ2) is 5.99. The highest BCUT2D eigenvalue weighted by Gasteiger charge is 1.99. The van der Waals surface area contributed by atoms with Gasteiger partial charge in [-0.1, -0.05) is 6.08 Å². The average Bonchev–Trinajstić information content (AvgIpc) is 2.67. The zero-order chi connectivity index (χ0) is 10.2. The Kier molecular flexibility index (Phi) is 4.50. The van der Waals surface area contributed by atoms with Crippen LogP contribution < -0.4 is 10.6 Å². The van der Waals surface area contributed by atoms with Crippen LogP contribution in [-0.4, -0.2) is 19.0 Å². The smallest absolute Gasteiger partial charge is 0.234 e. The normalized spacial score (nSPS) is 9.71. The van der Waals surface area contributed by atoms with Crippen molar-refractivity contribution in [2.75, 3.05) is 13.1 Å². The lowest BCUT2D eigenvalue weighted by molar-refractivity contribution is -0.120. The van der Waals surface area contributed by atoms with Gasteiger partial charge >= 0.3 is 0 Å². The van der Waals surface area contributed by atoms with E-state index in [1.807, 2.05) is 12.1 Å². The Hall–Kier alpha value is -1.55. The quantitative estimate of drug-likeness (QED) is 0.654. The van der Waals surface area contributed by atoms with Gasteiger partial charge in [0.15, 0.2) is 0 Å². The molecule has 2 N–H and O–H groups in total. The Morgan fingerprint density at radius 2 is 2.50 bits per heavy atom. The van der Waals surface area contributed by atoms with E-state index in [0.717, 1.165) is 5.76 Å². The second-order valence-corrected chi connectivity index (χ2v) is 2.78. The Morgan fingerprint density at radius 3 is 3.14 bits per heavy atom. The third-order valence-electron chi connectivity index (χ3n) is 1.61. The Bertz CT molecular complexity index is 280. The van der Waals surface area contributed by atoms with Crippen molar-refractivity contribution in [2.24, 2.45) is 0 Å². The molecule has 0 aliphatic rings. The average molecular weight is 194 g/mol. The van der Waals surface area contributed by atoms with Crippen molar-refractivity contribution in [2.45, 2.75) is 6.54 Å². The van der Waals surface area contributed by atoms with Crippen molar-refractivity contribution in [1.82, 2.24) is 10.6 Å². The minimum Gasteiger partial charge on any atom is -0.468 e. The highest BCUT2D eigenvalue weighted by atomic mass is 16.3. The first kappa shape index (κ1) is 10.5. The van der Waals surface area contributed by atoms with Gasteiger partial charge < -0.3 is 15.1 Å². The third kappa shape index (κ3) is 3.91. The standard InChI is InChI=1S/C10H14N2O2/c1-2-5-12-10(13)8-11-7-9-4-3-6-14-9/h2-4,6,11H,1,5,7-8H2,(H,12,13). The molecular formula is C10H14N2O2. The topological polar surface area (TPSA) is 54.3 Å². The molecule has 1 aromatic rings. The Morgan fingerprint density at radius 1 is 1.64 bits per heavy atom. The van der Waals surface area contributed by atoms with Crippen LogP contribution >= 0.6 is 0 Å². The molecule has 1 aromatic heterocycles. The van der Waals surface area contributed by atoms with Crippen LogP contribution in [0.15, 0.2) is 35.5 Å². The van der Waals surface area contributed by atoms with E-state index in [1.165, 1.54) is 0 Å². The fourth-order valence-corrected chi connectivity index (χ4v) is 0.961. The zero-order valence-corrected chi connectivity index (χ0v) is 7.95. The molecule has 0 aromatic carbocycles. The van der Waals surface area contributed by atoms with Crippen molar-refractivity contribution in [3.05, 3.63) is 36.8 Å². The fourth-order valence-electron chi connectivity index (χ4n) is 0.961. The molecule has 0 unspecified atom stereocenters. The molecule has 1 heterocycles. The Balaban J connectivity index is 2.09. The summed E-state index contributed by atoms with van der Waals surface area (Å²) < 4.78 is 5.09. The summed E-state index contributed by atoms with van der Waals surface area (Å²) in [4.78, 5) is 11.1. The predicted molar refractivity (Wildman–Crippen MR) is 53.6 cm³/mol. The van der Waals surface area contributed by atoms with E-state index in [4.69, 9.17) is 4.42 Å². The molecule has 0 bridgehead atoms. The second-order valence-electron chi connectivity index (χ2n) is 2.78. The van der Waals surface area contributed by atoms with E-state index in [1.54, 1.807) is 12.3 Å². The van der Waals surface area contributed by atoms with Crippen LogP contribution in [0.3, 0.4) is 0 Å². The van der Waals surface area contributed by atoms with Crippen LogP contribution in [0.2, 0.25) is 0 Å². The highest BCUT2D eigenvalue weighted by Crippen LogP contribution is 1.97. The lowest BCUT2D eigenvalue weighted by atomic mass is 10.4. The number of amides is 1. The van der Waals surface area contributed by atoms with E-state index in [-0.39, 0.29) is 12.5 Å². The maximum Gasteiger partial charge on any atom is 0.234 e. The molecule has 0 saturated heterocycles. The highest BCUT2D eigenvalue weighted by molar-refractivity contribution is 5.78. The molecule has 1 rings (SSSR count). The van der Waals surface area contributed by atoms with Crippen LogP contribution in [0.25, 0.3) is 0 Å². The number of rotatable bonds is 6. The summed E-state index contributed by atoms with van der Waals surface area (Å²) in [5.74, 6) is 0.776. The molecule has 1 amide bonds. The van der Waals surface area contributed by atoms with Gasteiger partial charge in [-0.2, -0.15) is 0 Å². The first-order valence-corrected chi connectivity index (χ1v) is 4.43. The van der Waals surface area contributed by atoms with Crippen molar-refractivity contribution < 1.29 is 9.21 Å². The molecule has 0 radical (unpaired) electrons. The van der Waals surface area contributed by atoms with Crippen LogP contribution in [0.4, 0.5) is 0 Å². The monoisotopic (exact) mass is 194 g/mol. The zero-order valence-electron chi connectivity index (χ0n) is 7.95. The van der Waals surface area contributed by atoms with Crippen molar-refractivity contribution in [3.8, 4) is 0 Å². The molecule has 0 atom stereocenters. The third-order valence-corrected chi connectivity index (χ3v) is 1.61. The first-order chi connectivity index (χ1) is 6.83. The van der Waals surface area contributed by atoms with Crippen LogP contribution in [0.5, 0.6) is 0 Å². The molecule has 4 heteroatoms. The molecule has 14 heavy (non-hydrogen) atoms. The molecule has 0 aliphatic carbocycles. The minimum atomic E-state index is -0.0449. The molecule has 0 fully saturated rings. The number of nitrogens with one attached hydrogen (secondary N) is 2. The fraction of sp³-hybridized carbons (Fsp3) is 0.300. The van der Waals surface area contributed by atoms with E-state index < -0.39 is 0 Å². The van der Waals surface area contributed by atoms with E-state index in [2.05, 4.69) is 17.2 Å². The maximum absolute atomic E-state index is 11.1. The van der Waals surface area contributed by atoms with E-state index >= 15 is 0 Å². The molecule has 0 saturated carbocycles. The minimum absolute atomic E-state index is 0.0449. The van der Waals surface area contributed by atoms with Crippen molar-refractivity contribution >= 4 is 5.91 Å². The number of carbonyl (C=O) groups excluding carboxylic acids is 1. The largest absolute Gasteiger partial charge is 0.468 e. The number of furan rings is 1. The van der Waals surface area contributed by atoms with Crippen LogP contribution in [0.1, 0.15) is 5.76 Å². The Labute approximate surface area is 83.0 Å². The molecule has 0 spiro atoms. The van der Waals surface area contributed by atoms with Gasteiger partial charge in [0, 0.05) is 6.54 Å². The lowest BCUT2D eigenvalue weighted by Gasteiger charge is -2.02. The van der Waals surface area contributed by atoms with Crippen molar-refractivity contribution in [1.29, 1.82) is 0 Å². The van der Waals surface area contributed by atoms with Gasteiger partial charge in [0.1, 0.15) is 5.76 Å². The number of hydrogen-bond donors (Lipinski definition) is 2. The van der Waals surface area contributed by atoms with Crippen LogP contribution in [0, 0.1) is 0 Å². The van der Waals surface area contributed by atoms with Gasteiger partial charge in [-0.05, 0) is 12.1 Å². The summed E-state index contributed by atoms with van der Waals surface area (Å²) in [7, 11) is 0. The van der Waals surface area contributed by atoms with Gasteiger partial charge in [0.2, 0.25) is 5.91 Å². The van der Waals surface area contributed by atoms with Gasteiger partial charge in [-0.15, -0.1) is 6.58 Å². The SMILES string of the molecule is C=CCNC(=O)CNCc1ccco1. The lowest BCUT2D eigenvalue weighted by Crippen LogP contribution is -2.33. The predicted octanol–water partition coefficient (Wildman–Crippen LogP) is 0.671. The summed E-state index contributed by atoms with van der Waals surface area (Å²) in [6.45, 7) is 4.85. The molecule has 0 aliphatic heterocycles. The van der Waals surface area contributed by atoms with Crippen molar-refractivity contribution in [3.63, 3.8) is 0 Å². The van der Waals surface area contributed by atoms with E-state index in [9.17, 15) is 4.79 Å². The summed E-state index contributed by atoms with van der Waals surface area (Å²) in [5.41, 5.74) is 0. The number of carbonyl (C=O) groups is 1. The summed E-state index contributed by atoms with van der Waals surface area (Å²) in [6.07, 6.45) is 3.25. The van der Waals surface area contributed by atoms with Gasteiger partial charge in [0.05, 0.1) is 19.4 Å². The summed E-state index contributed by atoms with van der Waals surface area (Å²) in [5, 5.41) is 5.62. The van der Waals surface area contributed by atoms with Gasteiger partial charge in [-0.25, -0.2) is 0 Å². The van der Waals surface area contributed by atoms with Crippen LogP contribution in [-0.2, 0) is 11.3 Å². The molecule has 4 nitrogen and oxygen atoms in total.